The summed E-state index contributed by atoms with van der Waals surface area (Å²) in [6.45, 7) is 2.62. The Morgan fingerprint density at radius 2 is 1.58 bits per heavy atom. The predicted molar refractivity (Wildman–Crippen MR) is 85.7 cm³/mol. The summed E-state index contributed by atoms with van der Waals surface area (Å²) in [7, 11) is 0. The van der Waals surface area contributed by atoms with Gasteiger partial charge in [0.1, 0.15) is 0 Å². The summed E-state index contributed by atoms with van der Waals surface area (Å²) >= 11 is 0. The van der Waals surface area contributed by atoms with Crippen LogP contribution in [0.5, 0.6) is 23.0 Å². The average Bonchev–Trinajstić information content (AvgIpc) is 3.28. The Balaban J connectivity index is 1.45. The minimum absolute atomic E-state index is 0.335. The first-order valence-corrected chi connectivity index (χ1v) is 8.44. The van der Waals surface area contributed by atoms with Gasteiger partial charge in [0.05, 0.1) is 0 Å². The van der Waals surface area contributed by atoms with Crippen LogP contribution in [0.4, 0.5) is 0 Å². The van der Waals surface area contributed by atoms with Crippen molar-refractivity contribution < 1.29 is 18.9 Å². The highest BCUT2D eigenvalue weighted by Crippen LogP contribution is 2.48. The fourth-order valence-corrected chi connectivity index (χ4v) is 4.50. The highest BCUT2D eigenvalue weighted by molar-refractivity contribution is 5.57. The SMILES string of the molecule is c1cc2c(c3c1CC1c4ccc5c(c4CCN1C3)OCO5)OCO2. The number of fused-ring (bicyclic) bond motifs is 8. The molecule has 4 aliphatic rings. The van der Waals surface area contributed by atoms with Gasteiger partial charge < -0.3 is 18.9 Å². The normalized spacial score (nSPS) is 22.8. The van der Waals surface area contributed by atoms with Crippen LogP contribution in [0.1, 0.15) is 28.3 Å². The molecule has 2 aromatic rings. The molecular weight excluding hydrogens is 306 g/mol. The summed E-state index contributed by atoms with van der Waals surface area (Å²) in [6.07, 6.45) is 2.00. The van der Waals surface area contributed by atoms with E-state index in [0.717, 1.165) is 48.9 Å². The molecule has 0 spiro atoms. The summed E-state index contributed by atoms with van der Waals surface area (Å²) in [5.74, 6) is 3.68. The molecule has 5 heteroatoms. The molecule has 24 heavy (non-hydrogen) atoms. The third kappa shape index (κ3) is 1.62. The van der Waals surface area contributed by atoms with E-state index in [1.54, 1.807) is 0 Å². The zero-order valence-electron chi connectivity index (χ0n) is 13.2. The lowest BCUT2D eigenvalue weighted by Gasteiger charge is -2.41. The van der Waals surface area contributed by atoms with Gasteiger partial charge in [-0.25, -0.2) is 0 Å². The fraction of sp³-hybridized carbons (Fsp3) is 0.368. The molecule has 0 radical (unpaired) electrons. The van der Waals surface area contributed by atoms with Crippen molar-refractivity contribution in [2.75, 3.05) is 20.1 Å². The first-order chi connectivity index (χ1) is 11.9. The van der Waals surface area contributed by atoms with Gasteiger partial charge >= 0.3 is 0 Å². The van der Waals surface area contributed by atoms with Crippen molar-refractivity contribution in [3.8, 4) is 23.0 Å². The largest absolute Gasteiger partial charge is 0.454 e. The number of nitrogens with zero attached hydrogens (tertiary/aromatic N) is 1. The number of ether oxygens (including phenoxy) is 4. The van der Waals surface area contributed by atoms with Crippen LogP contribution in [-0.4, -0.2) is 25.0 Å². The van der Waals surface area contributed by atoms with Crippen LogP contribution in [0.3, 0.4) is 0 Å². The summed E-state index contributed by atoms with van der Waals surface area (Å²) in [5, 5.41) is 0. The van der Waals surface area contributed by atoms with Crippen molar-refractivity contribution in [1.29, 1.82) is 0 Å². The summed E-state index contributed by atoms with van der Waals surface area (Å²) in [5.41, 5.74) is 5.38. The molecule has 0 aromatic heterocycles. The lowest BCUT2D eigenvalue weighted by molar-refractivity contribution is 0.149. The van der Waals surface area contributed by atoms with Crippen molar-refractivity contribution in [3.63, 3.8) is 0 Å². The maximum Gasteiger partial charge on any atom is 0.231 e. The van der Waals surface area contributed by atoms with Gasteiger partial charge in [0, 0.05) is 30.3 Å². The second-order valence-electron chi connectivity index (χ2n) is 6.74. The quantitative estimate of drug-likeness (QED) is 0.745. The molecule has 0 saturated heterocycles. The van der Waals surface area contributed by atoms with E-state index < -0.39 is 0 Å². The Morgan fingerprint density at radius 1 is 0.833 bits per heavy atom. The topological polar surface area (TPSA) is 40.2 Å². The average molecular weight is 323 g/mol. The van der Waals surface area contributed by atoms with E-state index in [9.17, 15) is 0 Å². The fourth-order valence-electron chi connectivity index (χ4n) is 4.50. The molecule has 2 aromatic carbocycles. The molecule has 1 unspecified atom stereocenters. The van der Waals surface area contributed by atoms with E-state index >= 15 is 0 Å². The number of hydrogen-bond donors (Lipinski definition) is 0. The predicted octanol–water partition coefficient (Wildman–Crippen LogP) is 2.80. The standard InChI is InChI=1S/C19H17NO4/c1-3-16-19(24-10-21-16)14-8-20-6-5-13-12(15(20)7-11(1)14)2-4-17-18(13)23-9-22-17/h1-4,15H,5-10H2. The van der Waals surface area contributed by atoms with Gasteiger partial charge in [-0.15, -0.1) is 0 Å². The van der Waals surface area contributed by atoms with Crippen molar-refractivity contribution in [2.45, 2.75) is 25.4 Å². The molecule has 4 aliphatic heterocycles. The van der Waals surface area contributed by atoms with E-state index in [1.807, 2.05) is 6.07 Å². The molecule has 0 aliphatic carbocycles. The van der Waals surface area contributed by atoms with E-state index in [2.05, 4.69) is 23.1 Å². The lowest BCUT2D eigenvalue weighted by Crippen LogP contribution is -2.39. The molecular formula is C19H17NO4. The lowest BCUT2D eigenvalue weighted by atomic mass is 9.83. The van der Waals surface area contributed by atoms with Gasteiger partial charge in [0.15, 0.2) is 23.0 Å². The van der Waals surface area contributed by atoms with E-state index in [1.165, 1.54) is 22.3 Å². The Morgan fingerprint density at radius 3 is 2.42 bits per heavy atom. The van der Waals surface area contributed by atoms with Gasteiger partial charge in [-0.1, -0.05) is 12.1 Å². The smallest absolute Gasteiger partial charge is 0.231 e. The maximum absolute atomic E-state index is 5.73. The Labute approximate surface area is 139 Å². The zero-order chi connectivity index (χ0) is 15.7. The van der Waals surface area contributed by atoms with E-state index in [4.69, 9.17) is 18.9 Å². The number of benzene rings is 2. The highest BCUT2D eigenvalue weighted by Gasteiger charge is 2.37. The molecule has 4 heterocycles. The van der Waals surface area contributed by atoms with Gasteiger partial charge in [0.25, 0.3) is 0 Å². The molecule has 0 amide bonds. The molecule has 122 valence electrons. The first-order valence-electron chi connectivity index (χ1n) is 8.44. The van der Waals surface area contributed by atoms with Crippen LogP contribution in [0.2, 0.25) is 0 Å². The minimum atomic E-state index is 0.335. The monoisotopic (exact) mass is 323 g/mol. The van der Waals surface area contributed by atoms with Gasteiger partial charge in [0.2, 0.25) is 13.6 Å². The molecule has 5 nitrogen and oxygen atoms in total. The second kappa shape index (κ2) is 4.57. The van der Waals surface area contributed by atoms with Gasteiger partial charge in [-0.2, -0.15) is 0 Å². The summed E-state index contributed by atoms with van der Waals surface area (Å²) in [6, 6.07) is 8.91. The van der Waals surface area contributed by atoms with Crippen molar-refractivity contribution >= 4 is 0 Å². The van der Waals surface area contributed by atoms with Crippen LogP contribution < -0.4 is 18.9 Å². The Hall–Kier alpha value is -2.40. The number of hydrogen-bond acceptors (Lipinski definition) is 5. The van der Waals surface area contributed by atoms with Crippen molar-refractivity contribution in [1.82, 2.24) is 4.90 Å². The van der Waals surface area contributed by atoms with Crippen LogP contribution in [0, 0.1) is 0 Å². The Bertz CT molecular complexity index is 863. The zero-order valence-corrected chi connectivity index (χ0v) is 13.2. The summed E-state index contributed by atoms with van der Waals surface area (Å²) < 4.78 is 22.5. The molecule has 6 rings (SSSR count). The molecule has 0 saturated carbocycles. The molecule has 0 fully saturated rings. The van der Waals surface area contributed by atoms with Crippen molar-refractivity contribution in [3.05, 3.63) is 46.5 Å². The maximum atomic E-state index is 5.73. The van der Waals surface area contributed by atoms with Gasteiger partial charge in [-0.3, -0.25) is 4.90 Å². The third-order valence-corrected chi connectivity index (χ3v) is 5.64. The van der Waals surface area contributed by atoms with E-state index in [-0.39, 0.29) is 0 Å². The molecule has 1 atom stereocenters. The van der Waals surface area contributed by atoms with E-state index in [0.29, 0.717) is 19.6 Å². The number of rotatable bonds is 0. The third-order valence-electron chi connectivity index (χ3n) is 5.64. The van der Waals surface area contributed by atoms with Crippen LogP contribution in [-0.2, 0) is 19.4 Å². The van der Waals surface area contributed by atoms with Crippen LogP contribution in [0.25, 0.3) is 0 Å². The first kappa shape index (κ1) is 13.0. The van der Waals surface area contributed by atoms with Gasteiger partial charge in [-0.05, 0) is 36.1 Å². The summed E-state index contributed by atoms with van der Waals surface area (Å²) in [4.78, 5) is 2.55. The second-order valence-corrected chi connectivity index (χ2v) is 6.74. The Kier molecular flexibility index (Phi) is 2.47. The molecule has 0 N–H and O–H groups in total. The van der Waals surface area contributed by atoms with Crippen LogP contribution in [0.15, 0.2) is 24.3 Å². The minimum Gasteiger partial charge on any atom is -0.454 e. The molecule has 0 bridgehead atoms. The van der Waals surface area contributed by atoms with Crippen LogP contribution >= 0.6 is 0 Å². The highest BCUT2D eigenvalue weighted by atomic mass is 16.7. The van der Waals surface area contributed by atoms with Crippen molar-refractivity contribution in [2.24, 2.45) is 0 Å².